The van der Waals surface area contributed by atoms with Gasteiger partial charge < -0.3 is 15.5 Å². The third-order valence-corrected chi connectivity index (χ3v) is 8.50. The van der Waals surface area contributed by atoms with Crippen LogP contribution < -0.4 is 5.32 Å². The summed E-state index contributed by atoms with van der Waals surface area (Å²) in [5, 5.41) is 27.7. The number of pyridine rings is 1. The summed E-state index contributed by atoms with van der Waals surface area (Å²) in [6.45, 7) is 1.05. The number of sulfonamides is 1. The minimum atomic E-state index is -4.01. The number of anilines is 1. The maximum absolute atomic E-state index is 13.3. The summed E-state index contributed by atoms with van der Waals surface area (Å²) in [6.07, 6.45) is 6.57. The number of para-hydroxylation sites is 1. The average molecular weight is 559 g/mol. The highest BCUT2D eigenvalue weighted by atomic mass is 79.9. The van der Waals surface area contributed by atoms with Crippen molar-refractivity contribution in [1.82, 2.24) is 23.9 Å². The Morgan fingerprint density at radius 2 is 2.03 bits per heavy atom. The minimum Gasteiger partial charge on any atom is -0.504 e. The van der Waals surface area contributed by atoms with Gasteiger partial charge in [0.25, 0.3) is 0 Å². The molecule has 0 bridgehead atoms. The van der Waals surface area contributed by atoms with E-state index >= 15 is 0 Å². The number of aromatic nitrogens is 4. The Kier molecular flexibility index (Phi) is 6.34. The molecule has 1 atom stereocenters. The van der Waals surface area contributed by atoms with Gasteiger partial charge >= 0.3 is 0 Å². The molecule has 1 unspecified atom stereocenters. The lowest BCUT2D eigenvalue weighted by Crippen LogP contribution is -2.39. The Labute approximate surface area is 210 Å². The molecule has 182 valence electrons. The van der Waals surface area contributed by atoms with Gasteiger partial charge in [-0.3, -0.25) is 4.98 Å². The van der Waals surface area contributed by atoms with Crippen LogP contribution in [-0.4, -0.2) is 55.6 Å². The number of phenolic OH excluding ortho intramolecular Hbond substituents is 2. The summed E-state index contributed by atoms with van der Waals surface area (Å²) < 4.78 is 30.3. The summed E-state index contributed by atoms with van der Waals surface area (Å²) in [6, 6.07) is 9.68. The third-order valence-electron chi connectivity index (χ3n) is 6.04. The number of benzene rings is 1. The molecular weight excluding hydrogens is 536 g/mol. The molecule has 1 aliphatic rings. The molecule has 4 heterocycles. The van der Waals surface area contributed by atoms with E-state index in [4.69, 9.17) is 4.98 Å². The normalized spacial score (nSPS) is 17.0. The van der Waals surface area contributed by atoms with Gasteiger partial charge in [0.05, 0.1) is 16.4 Å². The summed E-state index contributed by atoms with van der Waals surface area (Å²) in [4.78, 5) is 8.62. The number of halogens is 1. The van der Waals surface area contributed by atoms with Crippen molar-refractivity contribution in [2.24, 2.45) is 0 Å². The van der Waals surface area contributed by atoms with Crippen LogP contribution in [0.5, 0.6) is 11.5 Å². The molecule has 0 radical (unpaired) electrons. The van der Waals surface area contributed by atoms with Crippen molar-refractivity contribution in [2.75, 3.05) is 18.4 Å². The summed E-state index contributed by atoms with van der Waals surface area (Å²) >= 11 is 3.50. The second-order valence-corrected chi connectivity index (χ2v) is 11.1. The lowest BCUT2D eigenvalue weighted by molar-refractivity contribution is 0.310. The van der Waals surface area contributed by atoms with Crippen LogP contribution in [0.25, 0.3) is 5.65 Å². The highest BCUT2D eigenvalue weighted by molar-refractivity contribution is 9.10. The van der Waals surface area contributed by atoms with E-state index < -0.39 is 21.5 Å². The van der Waals surface area contributed by atoms with E-state index in [0.717, 1.165) is 28.0 Å². The maximum atomic E-state index is 13.3. The number of phenols is 2. The Morgan fingerprint density at radius 3 is 2.83 bits per heavy atom. The highest BCUT2D eigenvalue weighted by Gasteiger charge is 2.34. The number of aromatic hydroxyl groups is 2. The van der Waals surface area contributed by atoms with Crippen molar-refractivity contribution in [3.05, 3.63) is 70.7 Å². The minimum absolute atomic E-state index is 0.163. The average Bonchev–Trinajstić information content (AvgIpc) is 3.25. The molecule has 0 saturated carbocycles. The first kappa shape index (κ1) is 23.5. The van der Waals surface area contributed by atoms with Crippen molar-refractivity contribution in [1.29, 1.82) is 0 Å². The van der Waals surface area contributed by atoms with Gasteiger partial charge in [-0.25, -0.2) is 13.4 Å². The smallest absolute Gasteiger partial charge is 0.246 e. The van der Waals surface area contributed by atoms with E-state index in [1.165, 1.54) is 22.5 Å². The van der Waals surface area contributed by atoms with Crippen LogP contribution in [0, 0.1) is 0 Å². The number of nitrogens with zero attached hydrogens (tertiary/aromatic N) is 5. The molecule has 35 heavy (non-hydrogen) atoms. The molecule has 4 aromatic rings. The van der Waals surface area contributed by atoms with Gasteiger partial charge in [-0.2, -0.15) is 13.9 Å². The van der Waals surface area contributed by atoms with Gasteiger partial charge in [-0.1, -0.05) is 12.1 Å². The van der Waals surface area contributed by atoms with Gasteiger partial charge in [0.15, 0.2) is 17.1 Å². The van der Waals surface area contributed by atoms with E-state index in [-0.39, 0.29) is 17.4 Å². The molecule has 3 N–H and O–H groups in total. The number of piperidine rings is 1. The van der Waals surface area contributed by atoms with E-state index in [2.05, 4.69) is 31.3 Å². The van der Waals surface area contributed by atoms with Crippen LogP contribution in [0.1, 0.15) is 30.0 Å². The topological polar surface area (TPSA) is 133 Å². The predicted molar refractivity (Wildman–Crippen MR) is 133 cm³/mol. The zero-order valence-corrected chi connectivity index (χ0v) is 20.9. The van der Waals surface area contributed by atoms with Crippen LogP contribution in [0.4, 0.5) is 5.82 Å². The van der Waals surface area contributed by atoms with Gasteiger partial charge in [0.1, 0.15) is 10.7 Å². The quantitative estimate of drug-likeness (QED) is 0.306. The standard InChI is InChI=1S/C23H23BrN6O4S/c24-17-13-27-30-21(26-12-15-4-2-8-25-11-15)10-18(28-23(17)30)16-5-3-9-29(14-16)35(33,34)20-7-1-6-19(31)22(20)32/h1-2,4,6-8,10-11,13,16,26,31-32H,3,5,9,12,14H2. The number of fused-ring (bicyclic) bond motifs is 1. The molecule has 0 spiro atoms. The van der Waals surface area contributed by atoms with E-state index in [0.29, 0.717) is 25.2 Å². The third kappa shape index (κ3) is 4.56. The van der Waals surface area contributed by atoms with Crippen LogP contribution >= 0.6 is 15.9 Å². The molecule has 3 aromatic heterocycles. The fourth-order valence-corrected chi connectivity index (χ4v) is 6.22. The number of rotatable bonds is 6. The first-order valence-electron chi connectivity index (χ1n) is 11.0. The van der Waals surface area contributed by atoms with E-state index in [9.17, 15) is 18.6 Å². The molecule has 10 nitrogen and oxygen atoms in total. The van der Waals surface area contributed by atoms with Crippen molar-refractivity contribution in [3.8, 4) is 11.5 Å². The highest BCUT2D eigenvalue weighted by Crippen LogP contribution is 2.37. The van der Waals surface area contributed by atoms with Crippen molar-refractivity contribution >= 4 is 37.4 Å². The van der Waals surface area contributed by atoms with Gasteiger partial charge in [-0.15, -0.1) is 0 Å². The second-order valence-electron chi connectivity index (χ2n) is 8.34. The van der Waals surface area contributed by atoms with Gasteiger partial charge in [-0.05, 0) is 52.5 Å². The van der Waals surface area contributed by atoms with E-state index in [1.807, 2.05) is 18.2 Å². The number of hydrogen-bond donors (Lipinski definition) is 3. The molecule has 12 heteroatoms. The SMILES string of the molecule is O=S(=O)(c1cccc(O)c1O)N1CCCC(c2cc(NCc3cccnc3)n3ncc(Br)c3n2)C1. The van der Waals surface area contributed by atoms with Crippen LogP contribution in [0.3, 0.4) is 0 Å². The van der Waals surface area contributed by atoms with Gasteiger partial charge in [0.2, 0.25) is 10.0 Å². The number of nitrogens with one attached hydrogen (secondary N) is 1. The summed E-state index contributed by atoms with van der Waals surface area (Å²) in [5.74, 6) is -0.546. The monoisotopic (exact) mass is 558 g/mol. The first-order valence-corrected chi connectivity index (χ1v) is 13.3. The van der Waals surface area contributed by atoms with Crippen LogP contribution in [0.2, 0.25) is 0 Å². The Balaban J connectivity index is 1.45. The van der Waals surface area contributed by atoms with Crippen molar-refractivity contribution in [3.63, 3.8) is 0 Å². The molecule has 5 rings (SSSR count). The van der Waals surface area contributed by atoms with Crippen molar-refractivity contribution in [2.45, 2.75) is 30.2 Å². The number of hydrogen-bond acceptors (Lipinski definition) is 8. The first-order chi connectivity index (χ1) is 16.8. The molecule has 1 saturated heterocycles. The Morgan fingerprint density at radius 1 is 1.17 bits per heavy atom. The van der Waals surface area contributed by atoms with Gasteiger partial charge in [0, 0.05) is 44.0 Å². The largest absolute Gasteiger partial charge is 0.504 e. The molecular formula is C23H23BrN6O4S. The van der Waals surface area contributed by atoms with Crippen LogP contribution in [-0.2, 0) is 16.6 Å². The second kappa shape index (κ2) is 9.44. The fraction of sp³-hybridized carbons (Fsp3) is 0.261. The van der Waals surface area contributed by atoms with Crippen LogP contribution in [0.15, 0.2) is 64.4 Å². The van der Waals surface area contributed by atoms with Crippen molar-refractivity contribution < 1.29 is 18.6 Å². The summed E-state index contributed by atoms with van der Waals surface area (Å²) in [7, 11) is -4.01. The zero-order chi connectivity index (χ0) is 24.6. The van der Waals surface area contributed by atoms with E-state index in [1.54, 1.807) is 23.1 Å². The summed E-state index contributed by atoms with van der Waals surface area (Å²) in [5.41, 5.74) is 2.38. The fourth-order valence-electron chi connectivity index (χ4n) is 4.25. The lowest BCUT2D eigenvalue weighted by Gasteiger charge is -2.32. The predicted octanol–water partition coefficient (Wildman–Crippen LogP) is 3.48. The molecule has 1 fully saturated rings. The Hall–Kier alpha value is -3.22. The molecule has 0 amide bonds. The molecule has 0 aliphatic carbocycles. The maximum Gasteiger partial charge on any atom is 0.246 e. The lowest BCUT2D eigenvalue weighted by atomic mass is 9.96. The Bertz CT molecular complexity index is 1480. The molecule has 1 aliphatic heterocycles. The zero-order valence-electron chi connectivity index (χ0n) is 18.5. The molecule has 1 aromatic carbocycles.